The van der Waals surface area contributed by atoms with Crippen molar-refractivity contribution in [2.24, 2.45) is 0 Å². The van der Waals surface area contributed by atoms with Crippen molar-refractivity contribution in [3.8, 4) is 0 Å². The molecule has 2 N–H and O–H groups in total. The lowest BCUT2D eigenvalue weighted by molar-refractivity contribution is -0.141. The predicted molar refractivity (Wildman–Crippen MR) is 88.0 cm³/mol. The molecule has 1 aliphatic heterocycles. The first-order chi connectivity index (χ1) is 11.1. The molecule has 1 heterocycles. The van der Waals surface area contributed by atoms with E-state index in [4.69, 9.17) is 4.74 Å². The van der Waals surface area contributed by atoms with Crippen LogP contribution in [-0.2, 0) is 15.1 Å². The Bertz CT molecular complexity index is 525. The van der Waals surface area contributed by atoms with Crippen molar-refractivity contribution < 1.29 is 14.3 Å². The van der Waals surface area contributed by atoms with E-state index in [0.29, 0.717) is 6.61 Å². The summed E-state index contributed by atoms with van der Waals surface area (Å²) in [5, 5.41) is 5.66. The third-order valence-corrected chi connectivity index (χ3v) is 4.22. The van der Waals surface area contributed by atoms with Gasteiger partial charge in [0.15, 0.2) is 0 Å². The molecule has 1 aliphatic rings. The molecule has 0 radical (unpaired) electrons. The smallest absolute Gasteiger partial charge is 0.325 e. The number of ether oxygens (including phenoxy) is 1. The summed E-state index contributed by atoms with van der Waals surface area (Å²) in [4.78, 5) is 25.8. The summed E-state index contributed by atoms with van der Waals surface area (Å²) in [6.45, 7) is 3.74. The average Bonchev–Trinajstić information content (AvgIpc) is 2.56. The van der Waals surface area contributed by atoms with Gasteiger partial charge in [0.1, 0.15) is 6.54 Å². The van der Waals surface area contributed by atoms with Crippen LogP contribution in [0.5, 0.6) is 0 Å². The van der Waals surface area contributed by atoms with Gasteiger partial charge in [-0.1, -0.05) is 30.3 Å². The highest BCUT2D eigenvalue weighted by Crippen LogP contribution is 2.32. The van der Waals surface area contributed by atoms with Crippen molar-refractivity contribution in [3.63, 3.8) is 0 Å². The normalized spacial score (nSPS) is 17.3. The monoisotopic (exact) mass is 319 g/mol. The number of carbonyl (C=O) groups is 2. The van der Waals surface area contributed by atoms with Crippen LogP contribution in [0.2, 0.25) is 0 Å². The summed E-state index contributed by atoms with van der Waals surface area (Å²) < 4.78 is 4.82. The molecule has 23 heavy (non-hydrogen) atoms. The molecule has 126 valence electrons. The quantitative estimate of drug-likeness (QED) is 0.806. The Kier molecular flexibility index (Phi) is 5.98. The molecule has 6 nitrogen and oxygen atoms in total. The zero-order valence-corrected chi connectivity index (χ0v) is 13.8. The minimum Gasteiger partial charge on any atom is -0.465 e. The van der Waals surface area contributed by atoms with Crippen LogP contribution in [0.1, 0.15) is 25.3 Å². The first kappa shape index (κ1) is 17.3. The van der Waals surface area contributed by atoms with Crippen LogP contribution in [0.25, 0.3) is 0 Å². The molecule has 0 bridgehead atoms. The Labute approximate surface area is 137 Å². The third kappa shape index (κ3) is 4.69. The zero-order chi connectivity index (χ0) is 16.7. The van der Waals surface area contributed by atoms with Gasteiger partial charge < -0.3 is 20.3 Å². The maximum atomic E-state index is 12.2. The first-order valence-electron chi connectivity index (χ1n) is 8.01. The summed E-state index contributed by atoms with van der Waals surface area (Å²) in [5.41, 5.74) is 0.700. The van der Waals surface area contributed by atoms with Crippen molar-refractivity contribution in [2.45, 2.75) is 25.3 Å². The summed E-state index contributed by atoms with van der Waals surface area (Å²) in [5.74, 6) is -0.431. The Morgan fingerprint density at radius 2 is 1.87 bits per heavy atom. The fourth-order valence-corrected chi connectivity index (χ4v) is 2.87. The molecule has 0 aromatic heterocycles. The van der Waals surface area contributed by atoms with Crippen LogP contribution in [0.15, 0.2) is 30.3 Å². The van der Waals surface area contributed by atoms with Crippen LogP contribution in [0, 0.1) is 0 Å². The van der Waals surface area contributed by atoms with Gasteiger partial charge in [0.05, 0.1) is 12.1 Å². The SMILES string of the molecule is CCOC(=O)CNC(=O)NC1(c2ccccc2)CCN(C)CC1. The molecule has 1 saturated heterocycles. The number of amides is 2. The van der Waals surface area contributed by atoms with Gasteiger partial charge in [-0.3, -0.25) is 4.79 Å². The number of nitrogens with one attached hydrogen (secondary N) is 2. The Balaban J connectivity index is 2.04. The molecule has 0 spiro atoms. The number of piperidine rings is 1. The van der Waals surface area contributed by atoms with Crippen molar-refractivity contribution in [1.29, 1.82) is 0 Å². The number of esters is 1. The topological polar surface area (TPSA) is 70.7 Å². The first-order valence-corrected chi connectivity index (χ1v) is 8.01. The van der Waals surface area contributed by atoms with Crippen LogP contribution in [0.3, 0.4) is 0 Å². The third-order valence-electron chi connectivity index (χ3n) is 4.22. The number of carbonyl (C=O) groups excluding carboxylic acids is 2. The molecule has 2 amide bonds. The van der Waals surface area contributed by atoms with Crippen molar-refractivity contribution in [1.82, 2.24) is 15.5 Å². The molecule has 2 rings (SSSR count). The van der Waals surface area contributed by atoms with E-state index in [-0.39, 0.29) is 12.6 Å². The highest BCUT2D eigenvalue weighted by Gasteiger charge is 2.36. The fourth-order valence-electron chi connectivity index (χ4n) is 2.87. The van der Waals surface area contributed by atoms with Gasteiger partial charge in [-0.05, 0) is 32.4 Å². The van der Waals surface area contributed by atoms with E-state index < -0.39 is 11.5 Å². The lowest BCUT2D eigenvalue weighted by atomic mass is 9.81. The molecular weight excluding hydrogens is 294 g/mol. The van der Waals surface area contributed by atoms with Crippen LogP contribution < -0.4 is 10.6 Å². The van der Waals surface area contributed by atoms with E-state index in [1.54, 1.807) is 6.92 Å². The van der Waals surface area contributed by atoms with Crippen LogP contribution in [-0.4, -0.2) is 50.2 Å². The van der Waals surface area contributed by atoms with Crippen molar-refractivity contribution in [2.75, 3.05) is 33.3 Å². The van der Waals surface area contributed by atoms with E-state index in [2.05, 4.69) is 22.6 Å². The largest absolute Gasteiger partial charge is 0.465 e. The molecule has 0 unspecified atom stereocenters. The lowest BCUT2D eigenvalue weighted by Crippen LogP contribution is -2.55. The number of hydrogen-bond donors (Lipinski definition) is 2. The summed E-state index contributed by atoms with van der Waals surface area (Å²) in [6, 6.07) is 9.66. The molecule has 6 heteroatoms. The number of hydrogen-bond acceptors (Lipinski definition) is 4. The van der Waals surface area contributed by atoms with Crippen LogP contribution >= 0.6 is 0 Å². The minimum absolute atomic E-state index is 0.121. The van der Waals surface area contributed by atoms with Crippen molar-refractivity contribution >= 4 is 12.0 Å². The fraction of sp³-hybridized carbons (Fsp3) is 0.529. The zero-order valence-electron chi connectivity index (χ0n) is 13.8. The van der Waals surface area contributed by atoms with Gasteiger partial charge >= 0.3 is 12.0 Å². The Morgan fingerprint density at radius 1 is 1.22 bits per heavy atom. The van der Waals surface area contributed by atoms with E-state index in [1.165, 1.54) is 0 Å². The van der Waals surface area contributed by atoms with Crippen molar-refractivity contribution in [3.05, 3.63) is 35.9 Å². The molecule has 0 atom stereocenters. The number of rotatable bonds is 5. The Hall–Kier alpha value is -2.08. The van der Waals surface area contributed by atoms with Gasteiger partial charge in [0, 0.05) is 13.1 Å². The van der Waals surface area contributed by atoms with Gasteiger partial charge in [0.25, 0.3) is 0 Å². The second kappa shape index (κ2) is 7.97. The number of benzene rings is 1. The molecule has 1 aromatic rings. The Morgan fingerprint density at radius 3 is 2.48 bits per heavy atom. The van der Waals surface area contributed by atoms with Gasteiger partial charge in [0.2, 0.25) is 0 Å². The average molecular weight is 319 g/mol. The van der Waals surface area contributed by atoms with Gasteiger partial charge in [-0.25, -0.2) is 4.79 Å². The second-order valence-electron chi connectivity index (χ2n) is 5.86. The lowest BCUT2D eigenvalue weighted by Gasteiger charge is -2.41. The number of likely N-dealkylation sites (tertiary alicyclic amines) is 1. The second-order valence-corrected chi connectivity index (χ2v) is 5.86. The van der Waals surface area contributed by atoms with E-state index in [0.717, 1.165) is 31.5 Å². The standard InChI is InChI=1S/C17H25N3O3/c1-3-23-15(21)13-18-16(22)19-17(9-11-20(2)12-10-17)14-7-5-4-6-8-14/h4-8H,3,9-13H2,1-2H3,(H2,18,19,22). The predicted octanol–water partition coefficient (Wildman–Crippen LogP) is 1.47. The molecule has 0 saturated carbocycles. The van der Waals surface area contributed by atoms with E-state index >= 15 is 0 Å². The van der Waals surface area contributed by atoms with E-state index in [9.17, 15) is 9.59 Å². The van der Waals surface area contributed by atoms with E-state index in [1.807, 2.05) is 30.3 Å². The summed E-state index contributed by atoms with van der Waals surface area (Å²) in [7, 11) is 2.08. The maximum absolute atomic E-state index is 12.2. The van der Waals surface area contributed by atoms with Crippen LogP contribution in [0.4, 0.5) is 4.79 Å². The number of nitrogens with zero attached hydrogens (tertiary/aromatic N) is 1. The molecule has 1 fully saturated rings. The summed E-state index contributed by atoms with van der Waals surface area (Å²) >= 11 is 0. The summed E-state index contributed by atoms with van der Waals surface area (Å²) in [6.07, 6.45) is 1.67. The molecule has 0 aliphatic carbocycles. The molecule has 1 aromatic carbocycles. The highest BCUT2D eigenvalue weighted by atomic mass is 16.5. The van der Waals surface area contributed by atoms with Gasteiger partial charge in [-0.15, -0.1) is 0 Å². The number of urea groups is 1. The maximum Gasteiger partial charge on any atom is 0.325 e. The van der Waals surface area contributed by atoms with Gasteiger partial charge in [-0.2, -0.15) is 0 Å². The molecular formula is C17H25N3O3. The highest BCUT2D eigenvalue weighted by molar-refractivity contribution is 5.81. The minimum atomic E-state index is -0.431.